The quantitative estimate of drug-likeness (QED) is 0.620. The highest BCUT2D eigenvalue weighted by Crippen LogP contribution is 2.39. The maximum Gasteiger partial charge on any atom is 0.416 e. The Morgan fingerprint density at radius 3 is 2.36 bits per heavy atom. The number of halogens is 3. The Bertz CT molecular complexity index is 1160. The lowest BCUT2D eigenvalue weighted by molar-refractivity contribution is -0.137. The topological polar surface area (TPSA) is 95.9 Å². The van der Waals surface area contributed by atoms with Crippen LogP contribution in [0, 0.1) is 0 Å². The predicted octanol–water partition coefficient (Wildman–Crippen LogP) is 4.66. The molecule has 7 nitrogen and oxygen atoms in total. The molecule has 2 aromatic carbocycles. The minimum absolute atomic E-state index is 0.201. The molecular weight excluding hydrogens is 461 g/mol. The van der Waals surface area contributed by atoms with Gasteiger partial charge in [-0.2, -0.15) is 13.2 Å². The van der Waals surface area contributed by atoms with E-state index in [1.807, 2.05) is 4.90 Å². The van der Waals surface area contributed by atoms with Gasteiger partial charge in [-0.1, -0.05) is 6.07 Å². The van der Waals surface area contributed by atoms with Crippen LogP contribution < -0.4 is 9.62 Å². The molecule has 4 rings (SSSR count). The molecule has 2 aliphatic rings. The molecule has 0 saturated carbocycles. The summed E-state index contributed by atoms with van der Waals surface area (Å²) in [6, 6.07) is 6.65. The van der Waals surface area contributed by atoms with E-state index in [1.165, 1.54) is 18.2 Å². The Morgan fingerprint density at radius 2 is 1.79 bits per heavy atom. The number of carbonyl (C=O) groups is 1. The summed E-state index contributed by atoms with van der Waals surface area (Å²) in [4.78, 5) is 13.0. The van der Waals surface area contributed by atoms with Gasteiger partial charge in [0.15, 0.2) is 0 Å². The second-order valence-electron chi connectivity index (χ2n) is 8.09. The van der Waals surface area contributed by atoms with E-state index in [0.29, 0.717) is 31.8 Å². The summed E-state index contributed by atoms with van der Waals surface area (Å²) in [6.07, 6.45) is -1.95. The fourth-order valence-corrected chi connectivity index (χ4v) is 5.41. The largest absolute Gasteiger partial charge is 0.478 e. The normalized spacial score (nSPS) is 19.1. The number of alkyl halides is 3. The lowest BCUT2D eigenvalue weighted by Crippen LogP contribution is -2.31. The predicted molar refractivity (Wildman–Crippen MR) is 115 cm³/mol. The Hall–Kier alpha value is -2.79. The van der Waals surface area contributed by atoms with E-state index < -0.39 is 33.8 Å². The van der Waals surface area contributed by atoms with E-state index >= 15 is 0 Å². The van der Waals surface area contributed by atoms with Crippen LogP contribution >= 0.6 is 0 Å². The van der Waals surface area contributed by atoms with E-state index in [4.69, 9.17) is 4.74 Å². The van der Waals surface area contributed by atoms with Gasteiger partial charge in [0.25, 0.3) is 10.0 Å². The third kappa shape index (κ3) is 4.93. The highest BCUT2D eigenvalue weighted by atomic mass is 32.2. The maximum absolute atomic E-state index is 13.4. The third-order valence-electron chi connectivity index (χ3n) is 5.86. The highest BCUT2D eigenvalue weighted by Gasteiger charge is 2.34. The molecule has 1 unspecified atom stereocenters. The molecule has 0 amide bonds. The summed E-state index contributed by atoms with van der Waals surface area (Å²) in [5.41, 5.74) is -0.818. The minimum Gasteiger partial charge on any atom is -0.478 e. The molecular formula is C22H23F3N2O5S. The van der Waals surface area contributed by atoms with Crippen molar-refractivity contribution < 1.29 is 36.2 Å². The fourth-order valence-electron chi connectivity index (χ4n) is 4.05. The first kappa shape index (κ1) is 23.4. The highest BCUT2D eigenvalue weighted by molar-refractivity contribution is 7.92. The second kappa shape index (κ2) is 8.86. The first-order chi connectivity index (χ1) is 15.6. The van der Waals surface area contributed by atoms with Crippen LogP contribution in [0.25, 0.3) is 0 Å². The maximum atomic E-state index is 13.4. The van der Waals surface area contributed by atoms with Gasteiger partial charge >= 0.3 is 12.1 Å². The molecule has 0 bridgehead atoms. The third-order valence-corrected chi connectivity index (χ3v) is 7.28. The smallest absolute Gasteiger partial charge is 0.416 e. The van der Waals surface area contributed by atoms with Gasteiger partial charge in [-0.3, -0.25) is 4.72 Å². The first-order valence-corrected chi connectivity index (χ1v) is 12.0. The Morgan fingerprint density at radius 1 is 1.09 bits per heavy atom. The summed E-state index contributed by atoms with van der Waals surface area (Å²) in [5.74, 6) is -1.32. The van der Waals surface area contributed by atoms with Gasteiger partial charge in [-0.15, -0.1) is 0 Å². The Balaban J connectivity index is 1.78. The number of anilines is 2. The first-order valence-electron chi connectivity index (χ1n) is 10.5. The van der Waals surface area contributed by atoms with Crippen LogP contribution in [0.15, 0.2) is 41.3 Å². The number of ether oxygens (including phenoxy) is 1. The zero-order valence-electron chi connectivity index (χ0n) is 17.6. The van der Waals surface area contributed by atoms with E-state index in [-0.39, 0.29) is 21.7 Å². The summed E-state index contributed by atoms with van der Waals surface area (Å²) in [7, 11) is -4.43. The van der Waals surface area contributed by atoms with Crippen LogP contribution in [0.5, 0.6) is 0 Å². The van der Waals surface area contributed by atoms with Crippen LogP contribution in [0.3, 0.4) is 0 Å². The molecule has 178 valence electrons. The number of hydrogen-bond donors (Lipinski definition) is 2. The summed E-state index contributed by atoms with van der Waals surface area (Å²) in [6.45, 7) is 1.62. The van der Waals surface area contributed by atoms with Crippen molar-refractivity contribution in [1.29, 1.82) is 0 Å². The molecule has 0 aliphatic carbocycles. The van der Waals surface area contributed by atoms with Gasteiger partial charge in [0.05, 0.1) is 40.1 Å². The molecule has 2 aliphatic heterocycles. The van der Waals surface area contributed by atoms with E-state index in [9.17, 15) is 31.5 Å². The van der Waals surface area contributed by atoms with E-state index in [0.717, 1.165) is 37.5 Å². The number of benzene rings is 2. The van der Waals surface area contributed by atoms with Gasteiger partial charge < -0.3 is 14.7 Å². The molecule has 2 N–H and O–H groups in total. The van der Waals surface area contributed by atoms with Crippen molar-refractivity contribution in [2.75, 3.05) is 29.3 Å². The number of hydrogen-bond acceptors (Lipinski definition) is 5. The number of nitrogens with zero attached hydrogens (tertiary/aromatic N) is 1. The number of aromatic carboxylic acids is 1. The van der Waals surface area contributed by atoms with Crippen molar-refractivity contribution in [3.8, 4) is 0 Å². The van der Waals surface area contributed by atoms with E-state index in [1.54, 1.807) is 0 Å². The monoisotopic (exact) mass is 484 g/mol. The molecule has 33 heavy (non-hydrogen) atoms. The standard InChI is InChI=1S/C22H23F3N2O5S/c23-22(24,25)15-5-7-18(27-9-2-1-3-10-27)17(13-15)26-33(30,31)20-12-14(21(28)29)4-6-16(20)19-8-11-32-19/h4-7,12-13,19,26H,1-3,8-11H2,(H,28,29). The van der Waals surface area contributed by atoms with Crippen LogP contribution in [0.2, 0.25) is 0 Å². The van der Waals surface area contributed by atoms with Gasteiger partial charge in [-0.25, -0.2) is 13.2 Å². The number of carboxylic acid groups (broad SMARTS) is 1. The van der Waals surface area contributed by atoms with Gasteiger partial charge in [0, 0.05) is 25.1 Å². The summed E-state index contributed by atoms with van der Waals surface area (Å²) >= 11 is 0. The van der Waals surface area contributed by atoms with E-state index in [2.05, 4.69) is 4.72 Å². The minimum atomic E-state index is -4.66. The Kier molecular flexibility index (Phi) is 6.28. The number of carboxylic acids is 1. The van der Waals surface area contributed by atoms with Crippen molar-refractivity contribution in [1.82, 2.24) is 0 Å². The van der Waals surface area contributed by atoms with Gasteiger partial charge in [0.2, 0.25) is 0 Å². The molecule has 11 heteroatoms. The van der Waals surface area contributed by atoms with Crippen molar-refractivity contribution >= 4 is 27.4 Å². The summed E-state index contributed by atoms with van der Waals surface area (Å²) < 4.78 is 74.6. The zero-order chi connectivity index (χ0) is 23.8. The van der Waals surface area contributed by atoms with Crippen molar-refractivity contribution in [3.05, 3.63) is 53.1 Å². The molecule has 2 saturated heterocycles. The lowest BCUT2D eigenvalue weighted by Gasteiger charge is -2.31. The SMILES string of the molecule is O=C(O)c1ccc(C2CCO2)c(S(=O)(=O)Nc2cc(C(F)(F)F)ccc2N2CCCCC2)c1. The molecule has 0 radical (unpaired) electrons. The van der Waals surface area contributed by atoms with Crippen molar-refractivity contribution in [2.45, 2.75) is 42.9 Å². The molecule has 0 spiro atoms. The van der Waals surface area contributed by atoms with Crippen LogP contribution in [0.1, 0.15) is 53.3 Å². The van der Waals surface area contributed by atoms with Crippen molar-refractivity contribution in [3.63, 3.8) is 0 Å². The van der Waals surface area contributed by atoms with Gasteiger partial charge in [-0.05, 0) is 49.6 Å². The average Bonchev–Trinajstić information content (AvgIpc) is 2.72. The molecule has 2 fully saturated rings. The van der Waals surface area contributed by atoms with Crippen LogP contribution in [0.4, 0.5) is 24.5 Å². The number of piperidine rings is 1. The fraction of sp³-hybridized carbons (Fsp3) is 0.409. The zero-order valence-corrected chi connectivity index (χ0v) is 18.4. The molecule has 2 aromatic rings. The number of sulfonamides is 1. The Labute approximate surface area is 189 Å². The van der Waals surface area contributed by atoms with Crippen molar-refractivity contribution in [2.24, 2.45) is 0 Å². The molecule has 2 heterocycles. The summed E-state index contributed by atoms with van der Waals surface area (Å²) in [5, 5.41) is 9.33. The van der Waals surface area contributed by atoms with Crippen LogP contribution in [-0.4, -0.2) is 39.2 Å². The lowest BCUT2D eigenvalue weighted by atomic mass is 10.0. The number of nitrogens with one attached hydrogen (secondary N) is 1. The molecule has 0 aromatic heterocycles. The number of rotatable bonds is 6. The van der Waals surface area contributed by atoms with Gasteiger partial charge in [0.1, 0.15) is 0 Å². The molecule has 1 atom stereocenters. The van der Waals surface area contributed by atoms with Crippen LogP contribution in [-0.2, 0) is 20.9 Å². The average molecular weight is 484 g/mol. The second-order valence-corrected chi connectivity index (χ2v) is 9.74.